The van der Waals surface area contributed by atoms with Crippen LogP contribution in [0.3, 0.4) is 0 Å². The van der Waals surface area contributed by atoms with E-state index in [4.69, 9.17) is 0 Å². The normalized spacial score (nSPS) is 16.9. The van der Waals surface area contributed by atoms with Gasteiger partial charge in [0.25, 0.3) is 5.91 Å². The van der Waals surface area contributed by atoms with E-state index >= 15 is 0 Å². The Morgan fingerprint density at radius 1 is 1.28 bits per heavy atom. The number of piperazine rings is 1. The van der Waals surface area contributed by atoms with Crippen molar-refractivity contribution in [3.05, 3.63) is 54.5 Å². The molecule has 3 aromatic rings. The summed E-state index contributed by atoms with van der Waals surface area (Å²) < 4.78 is 1.92. The highest BCUT2D eigenvalue weighted by atomic mass is 16.2. The number of nitrogens with zero attached hydrogens (tertiary/aromatic N) is 6. The number of carbonyl (C=O) groups excluding carboxylic acids is 2. The van der Waals surface area contributed by atoms with Gasteiger partial charge in [-0.05, 0) is 43.0 Å². The minimum Gasteiger partial charge on any atom is -0.353 e. The predicted molar refractivity (Wildman–Crippen MR) is 133 cm³/mol. The Morgan fingerprint density at radius 3 is 2.94 bits per heavy atom. The first kappa shape index (κ1) is 23.5. The summed E-state index contributed by atoms with van der Waals surface area (Å²) in [6, 6.07) is 11.3. The molecule has 1 aliphatic heterocycles. The Kier molecular flexibility index (Phi) is 6.89. The Balaban J connectivity index is 1.31. The minimum absolute atomic E-state index is 0.0608. The molecule has 2 aliphatic rings. The lowest BCUT2D eigenvalue weighted by Crippen LogP contribution is -2.49. The van der Waals surface area contributed by atoms with Crippen LogP contribution in [0.1, 0.15) is 48.5 Å². The van der Waals surface area contributed by atoms with Crippen molar-refractivity contribution in [2.75, 3.05) is 25.0 Å². The van der Waals surface area contributed by atoms with Crippen molar-refractivity contribution in [2.45, 2.75) is 38.1 Å². The molecule has 2 amide bonds. The minimum atomic E-state index is -0.190. The number of nitriles is 1. The number of hydrogen-bond acceptors (Lipinski definition) is 7. The van der Waals surface area contributed by atoms with E-state index in [9.17, 15) is 14.9 Å². The molecular weight excluding hydrogens is 456 g/mol. The fourth-order valence-corrected chi connectivity index (χ4v) is 5.00. The van der Waals surface area contributed by atoms with Gasteiger partial charge in [-0.25, -0.2) is 9.97 Å². The maximum atomic E-state index is 12.8. The first-order chi connectivity index (χ1) is 17.6. The smallest absolute Gasteiger partial charge is 0.254 e. The zero-order chi connectivity index (χ0) is 24.9. The molecular formula is C26H28N8O2. The van der Waals surface area contributed by atoms with Crippen molar-refractivity contribution in [2.24, 2.45) is 5.92 Å². The second-order valence-electron chi connectivity index (χ2n) is 9.23. The van der Waals surface area contributed by atoms with Gasteiger partial charge in [-0.1, -0.05) is 18.9 Å². The highest BCUT2D eigenvalue weighted by Gasteiger charge is 2.27. The molecule has 1 saturated carbocycles. The maximum absolute atomic E-state index is 12.8. The summed E-state index contributed by atoms with van der Waals surface area (Å²) >= 11 is 0. The molecule has 1 aromatic carbocycles. The van der Waals surface area contributed by atoms with E-state index in [0.717, 1.165) is 18.4 Å². The highest BCUT2D eigenvalue weighted by Crippen LogP contribution is 2.36. The number of rotatable bonds is 7. The lowest BCUT2D eigenvalue weighted by molar-refractivity contribution is -0.123. The van der Waals surface area contributed by atoms with E-state index in [1.54, 1.807) is 30.6 Å². The number of nitrogens with one attached hydrogen (secondary N) is 2. The molecule has 1 aliphatic carbocycles. The van der Waals surface area contributed by atoms with E-state index in [1.165, 1.54) is 17.7 Å². The van der Waals surface area contributed by atoms with E-state index < -0.39 is 0 Å². The molecule has 3 heterocycles. The van der Waals surface area contributed by atoms with Gasteiger partial charge in [0.2, 0.25) is 11.9 Å². The standard InChI is InChI=1S/C26H28N8O2/c27-10-8-23(18-4-1-2-5-18)34-16-20(15-30-34)22-9-11-29-26(32-22)31-21-7-3-6-19(14-21)25(36)33-13-12-28-24(35)17-33/h3,6-7,9,11,14-16,18,23H,1-2,4-5,8,12-13,17H2,(H,28,35)(H,29,31,32). The van der Waals surface area contributed by atoms with Crippen LogP contribution in [0.25, 0.3) is 11.3 Å². The summed E-state index contributed by atoms with van der Waals surface area (Å²) in [6.07, 6.45) is 10.5. The van der Waals surface area contributed by atoms with Crippen LogP contribution in [-0.4, -0.2) is 56.1 Å². The van der Waals surface area contributed by atoms with Crippen LogP contribution in [0.2, 0.25) is 0 Å². The van der Waals surface area contributed by atoms with E-state index in [0.29, 0.717) is 48.3 Å². The molecule has 5 rings (SSSR count). The van der Waals surface area contributed by atoms with Gasteiger partial charge in [0.15, 0.2) is 0 Å². The first-order valence-electron chi connectivity index (χ1n) is 12.3. The van der Waals surface area contributed by atoms with Crippen molar-refractivity contribution >= 4 is 23.5 Å². The van der Waals surface area contributed by atoms with Crippen molar-refractivity contribution in [1.82, 2.24) is 30.0 Å². The molecule has 36 heavy (non-hydrogen) atoms. The predicted octanol–water partition coefficient (Wildman–Crippen LogP) is 3.30. The van der Waals surface area contributed by atoms with Crippen LogP contribution in [0.15, 0.2) is 48.9 Å². The Hall–Kier alpha value is -4.26. The van der Waals surface area contributed by atoms with Gasteiger partial charge in [0.1, 0.15) is 0 Å². The second kappa shape index (κ2) is 10.6. The molecule has 0 radical (unpaired) electrons. The lowest BCUT2D eigenvalue weighted by Gasteiger charge is -2.26. The van der Waals surface area contributed by atoms with E-state index in [-0.39, 0.29) is 24.4 Å². The summed E-state index contributed by atoms with van der Waals surface area (Å²) in [7, 11) is 0. The third-order valence-electron chi connectivity index (χ3n) is 6.83. The molecule has 184 valence electrons. The number of anilines is 2. The first-order valence-corrected chi connectivity index (χ1v) is 12.3. The average Bonchev–Trinajstić information content (AvgIpc) is 3.60. The SMILES string of the molecule is N#CCC(C1CCCC1)n1cc(-c2ccnc(Nc3cccc(C(=O)N4CCNC(=O)C4)c3)n2)cn1. The van der Waals surface area contributed by atoms with Gasteiger partial charge in [0, 0.05) is 42.3 Å². The summed E-state index contributed by atoms with van der Waals surface area (Å²) in [6.45, 7) is 1.000. The lowest BCUT2D eigenvalue weighted by atomic mass is 9.96. The molecule has 0 bridgehead atoms. The highest BCUT2D eigenvalue weighted by molar-refractivity contribution is 5.97. The summed E-state index contributed by atoms with van der Waals surface area (Å²) in [5.41, 5.74) is 2.73. The molecule has 10 nitrogen and oxygen atoms in total. The van der Waals surface area contributed by atoms with Gasteiger partial charge in [-0.2, -0.15) is 10.4 Å². The topological polar surface area (TPSA) is 129 Å². The number of aromatic nitrogens is 4. The third kappa shape index (κ3) is 5.20. The van der Waals surface area contributed by atoms with Gasteiger partial charge < -0.3 is 15.5 Å². The summed E-state index contributed by atoms with van der Waals surface area (Å²) in [4.78, 5) is 35.0. The van der Waals surface area contributed by atoms with Crippen LogP contribution in [0.5, 0.6) is 0 Å². The fourth-order valence-electron chi connectivity index (χ4n) is 5.00. The Labute approximate surface area is 209 Å². The van der Waals surface area contributed by atoms with Gasteiger partial charge in [-0.3, -0.25) is 14.3 Å². The van der Waals surface area contributed by atoms with Crippen LogP contribution in [-0.2, 0) is 4.79 Å². The fraction of sp³-hybridized carbons (Fsp3) is 0.385. The van der Waals surface area contributed by atoms with Crippen LogP contribution in [0, 0.1) is 17.2 Å². The number of amides is 2. The number of hydrogen-bond donors (Lipinski definition) is 2. The third-order valence-corrected chi connectivity index (χ3v) is 6.83. The molecule has 1 saturated heterocycles. The van der Waals surface area contributed by atoms with Crippen LogP contribution >= 0.6 is 0 Å². The van der Waals surface area contributed by atoms with E-state index in [1.807, 2.05) is 23.0 Å². The van der Waals surface area contributed by atoms with Gasteiger partial charge >= 0.3 is 0 Å². The molecule has 2 fully saturated rings. The zero-order valence-electron chi connectivity index (χ0n) is 19.9. The quantitative estimate of drug-likeness (QED) is 0.526. The monoisotopic (exact) mass is 484 g/mol. The molecule has 2 aromatic heterocycles. The van der Waals surface area contributed by atoms with Crippen molar-refractivity contribution in [3.8, 4) is 17.3 Å². The van der Waals surface area contributed by atoms with Crippen molar-refractivity contribution < 1.29 is 9.59 Å². The maximum Gasteiger partial charge on any atom is 0.254 e. The summed E-state index contributed by atoms with van der Waals surface area (Å²) in [5, 5.41) is 19.8. The molecule has 10 heteroatoms. The zero-order valence-corrected chi connectivity index (χ0v) is 19.9. The molecule has 1 atom stereocenters. The van der Waals surface area contributed by atoms with Crippen LogP contribution in [0.4, 0.5) is 11.6 Å². The Morgan fingerprint density at radius 2 is 2.14 bits per heavy atom. The molecule has 2 N–H and O–H groups in total. The number of carbonyl (C=O) groups is 2. The number of benzene rings is 1. The molecule has 1 unspecified atom stereocenters. The largest absolute Gasteiger partial charge is 0.353 e. The van der Waals surface area contributed by atoms with Gasteiger partial charge in [0.05, 0.1) is 37.0 Å². The van der Waals surface area contributed by atoms with Crippen LogP contribution < -0.4 is 10.6 Å². The van der Waals surface area contributed by atoms with Gasteiger partial charge in [-0.15, -0.1) is 0 Å². The van der Waals surface area contributed by atoms with Crippen molar-refractivity contribution in [1.29, 1.82) is 5.26 Å². The average molecular weight is 485 g/mol. The second-order valence-corrected chi connectivity index (χ2v) is 9.23. The van der Waals surface area contributed by atoms with Crippen molar-refractivity contribution in [3.63, 3.8) is 0 Å². The molecule has 0 spiro atoms. The Bertz CT molecular complexity index is 1290. The summed E-state index contributed by atoms with van der Waals surface area (Å²) in [5.74, 6) is 0.533. The van der Waals surface area contributed by atoms with E-state index in [2.05, 4.69) is 31.8 Å².